The third-order valence-corrected chi connectivity index (χ3v) is 3.27. The second-order valence-electron chi connectivity index (χ2n) is 4.73. The fourth-order valence-electron chi connectivity index (χ4n) is 2.18. The molecular weight excluding hydrogens is 230 g/mol. The number of hydrogen-bond acceptors (Lipinski definition) is 4. The number of aliphatic hydroxyl groups is 1. The molecule has 1 aliphatic heterocycles. The van der Waals surface area contributed by atoms with Gasteiger partial charge in [0.15, 0.2) is 0 Å². The van der Waals surface area contributed by atoms with E-state index in [1.165, 1.54) is 0 Å². The van der Waals surface area contributed by atoms with Crippen molar-refractivity contribution in [3.8, 4) is 0 Å². The van der Waals surface area contributed by atoms with E-state index in [4.69, 9.17) is 5.73 Å². The number of nitrogens with two attached hydrogens (primary N) is 1. The zero-order chi connectivity index (χ0) is 13.0. The van der Waals surface area contributed by atoms with E-state index in [-0.39, 0.29) is 12.0 Å². The SMILES string of the molecule is N[C@@H](Cc1cccnc1)C(=O)N1CCC(O)CC1. The van der Waals surface area contributed by atoms with Crippen molar-refractivity contribution in [2.45, 2.75) is 31.4 Å². The smallest absolute Gasteiger partial charge is 0.239 e. The molecule has 1 aromatic rings. The van der Waals surface area contributed by atoms with Crippen molar-refractivity contribution in [3.05, 3.63) is 30.1 Å². The summed E-state index contributed by atoms with van der Waals surface area (Å²) in [6.07, 6.45) is 4.95. The molecule has 0 aliphatic carbocycles. The highest BCUT2D eigenvalue weighted by Crippen LogP contribution is 2.12. The maximum Gasteiger partial charge on any atom is 0.239 e. The summed E-state index contributed by atoms with van der Waals surface area (Å²) >= 11 is 0. The number of hydrogen-bond donors (Lipinski definition) is 2. The summed E-state index contributed by atoms with van der Waals surface area (Å²) in [6, 6.07) is 3.23. The van der Waals surface area contributed by atoms with Gasteiger partial charge >= 0.3 is 0 Å². The lowest BCUT2D eigenvalue weighted by molar-refractivity contribution is -0.134. The zero-order valence-corrected chi connectivity index (χ0v) is 10.3. The molecule has 0 bridgehead atoms. The van der Waals surface area contributed by atoms with Gasteiger partial charge in [-0.3, -0.25) is 9.78 Å². The Bertz CT molecular complexity index is 388. The van der Waals surface area contributed by atoms with Crippen LogP contribution in [0.4, 0.5) is 0 Å². The van der Waals surface area contributed by atoms with Crippen molar-refractivity contribution in [2.24, 2.45) is 5.73 Å². The first-order valence-corrected chi connectivity index (χ1v) is 6.28. The average molecular weight is 249 g/mol. The maximum atomic E-state index is 12.1. The first-order chi connectivity index (χ1) is 8.66. The second kappa shape index (κ2) is 5.93. The predicted molar refractivity (Wildman–Crippen MR) is 67.7 cm³/mol. The van der Waals surface area contributed by atoms with Crippen LogP contribution in [0.25, 0.3) is 0 Å². The van der Waals surface area contributed by atoms with Crippen LogP contribution in [-0.4, -0.2) is 46.1 Å². The standard InChI is InChI=1S/C13H19N3O2/c14-12(8-10-2-1-5-15-9-10)13(18)16-6-3-11(17)4-7-16/h1-2,5,9,11-12,17H,3-4,6-8,14H2/t12-/m0/s1. The van der Waals surface area contributed by atoms with Crippen molar-refractivity contribution in [2.75, 3.05) is 13.1 Å². The average Bonchev–Trinajstić information content (AvgIpc) is 2.40. The van der Waals surface area contributed by atoms with Crippen LogP contribution in [0.1, 0.15) is 18.4 Å². The lowest BCUT2D eigenvalue weighted by Crippen LogP contribution is -2.48. The van der Waals surface area contributed by atoms with Crippen LogP contribution in [0.3, 0.4) is 0 Å². The van der Waals surface area contributed by atoms with Crippen LogP contribution in [0, 0.1) is 0 Å². The molecule has 0 saturated carbocycles. The van der Waals surface area contributed by atoms with Gasteiger partial charge in [0.2, 0.25) is 5.91 Å². The van der Waals surface area contributed by atoms with Crippen LogP contribution in [0.15, 0.2) is 24.5 Å². The van der Waals surface area contributed by atoms with Gasteiger partial charge in [-0.05, 0) is 30.9 Å². The Labute approximate surface area is 107 Å². The lowest BCUT2D eigenvalue weighted by atomic mass is 10.0. The van der Waals surface area contributed by atoms with Crippen LogP contribution < -0.4 is 5.73 Å². The van der Waals surface area contributed by atoms with Gasteiger partial charge in [0, 0.05) is 25.5 Å². The maximum absolute atomic E-state index is 12.1. The fraction of sp³-hybridized carbons (Fsp3) is 0.538. The topological polar surface area (TPSA) is 79.5 Å². The normalized spacial score (nSPS) is 18.7. The Balaban J connectivity index is 1.89. The molecule has 1 aromatic heterocycles. The Morgan fingerprint density at radius 3 is 2.89 bits per heavy atom. The number of pyridine rings is 1. The third kappa shape index (κ3) is 3.27. The number of aliphatic hydroxyl groups excluding tert-OH is 1. The van der Waals surface area contributed by atoms with E-state index in [1.54, 1.807) is 17.3 Å². The molecule has 0 spiro atoms. The Kier molecular flexibility index (Phi) is 4.28. The highest BCUT2D eigenvalue weighted by atomic mass is 16.3. The molecule has 0 aromatic carbocycles. The number of likely N-dealkylation sites (tertiary alicyclic amines) is 1. The number of carbonyl (C=O) groups excluding carboxylic acids is 1. The summed E-state index contributed by atoms with van der Waals surface area (Å²) in [5.41, 5.74) is 6.90. The first-order valence-electron chi connectivity index (χ1n) is 6.28. The summed E-state index contributed by atoms with van der Waals surface area (Å²) in [6.45, 7) is 1.20. The number of aromatic nitrogens is 1. The van der Waals surface area contributed by atoms with Gasteiger partial charge in [-0.2, -0.15) is 0 Å². The molecule has 18 heavy (non-hydrogen) atoms. The molecular formula is C13H19N3O2. The van der Waals surface area contributed by atoms with Crippen LogP contribution in [-0.2, 0) is 11.2 Å². The first kappa shape index (κ1) is 13.0. The number of amides is 1. The van der Waals surface area contributed by atoms with E-state index in [0.29, 0.717) is 32.4 Å². The van der Waals surface area contributed by atoms with E-state index >= 15 is 0 Å². The molecule has 1 saturated heterocycles. The zero-order valence-electron chi connectivity index (χ0n) is 10.3. The summed E-state index contributed by atoms with van der Waals surface area (Å²) in [7, 11) is 0. The lowest BCUT2D eigenvalue weighted by Gasteiger charge is -2.31. The van der Waals surface area contributed by atoms with Gasteiger partial charge in [-0.25, -0.2) is 0 Å². The highest BCUT2D eigenvalue weighted by Gasteiger charge is 2.25. The van der Waals surface area contributed by atoms with Crippen molar-refractivity contribution in [1.29, 1.82) is 0 Å². The molecule has 5 heteroatoms. The largest absolute Gasteiger partial charge is 0.393 e. The number of piperidine rings is 1. The quantitative estimate of drug-likeness (QED) is 0.786. The van der Waals surface area contributed by atoms with Crippen LogP contribution in [0.2, 0.25) is 0 Å². The van der Waals surface area contributed by atoms with E-state index in [1.807, 2.05) is 12.1 Å². The third-order valence-electron chi connectivity index (χ3n) is 3.27. The molecule has 1 atom stereocenters. The molecule has 2 rings (SSSR count). The summed E-state index contributed by atoms with van der Waals surface area (Å²) in [4.78, 5) is 17.9. The van der Waals surface area contributed by atoms with Gasteiger partial charge in [-0.15, -0.1) is 0 Å². The van der Waals surface area contributed by atoms with Gasteiger partial charge in [0.1, 0.15) is 0 Å². The van der Waals surface area contributed by atoms with Crippen molar-refractivity contribution >= 4 is 5.91 Å². The molecule has 98 valence electrons. The highest BCUT2D eigenvalue weighted by molar-refractivity contribution is 5.82. The minimum atomic E-state index is -0.524. The van der Waals surface area contributed by atoms with Crippen LogP contribution >= 0.6 is 0 Å². The molecule has 5 nitrogen and oxygen atoms in total. The molecule has 3 N–H and O–H groups in total. The van der Waals surface area contributed by atoms with Gasteiger partial charge in [0.25, 0.3) is 0 Å². The minimum Gasteiger partial charge on any atom is -0.393 e. The summed E-state index contributed by atoms with van der Waals surface area (Å²) in [5, 5.41) is 9.41. The number of carbonyl (C=O) groups is 1. The Hall–Kier alpha value is -1.46. The predicted octanol–water partition coefficient (Wildman–Crippen LogP) is -0.0653. The molecule has 0 radical (unpaired) electrons. The van der Waals surface area contributed by atoms with E-state index in [9.17, 15) is 9.90 Å². The van der Waals surface area contributed by atoms with Crippen molar-refractivity contribution in [3.63, 3.8) is 0 Å². The minimum absolute atomic E-state index is 0.0363. The molecule has 1 amide bonds. The second-order valence-corrected chi connectivity index (χ2v) is 4.73. The Morgan fingerprint density at radius 1 is 1.56 bits per heavy atom. The van der Waals surface area contributed by atoms with Crippen molar-refractivity contribution in [1.82, 2.24) is 9.88 Å². The van der Waals surface area contributed by atoms with Gasteiger partial charge in [0.05, 0.1) is 12.1 Å². The molecule has 0 unspecified atom stereocenters. The van der Waals surface area contributed by atoms with E-state index in [2.05, 4.69) is 4.98 Å². The Morgan fingerprint density at radius 2 is 2.28 bits per heavy atom. The monoisotopic (exact) mass is 249 g/mol. The molecule has 1 aliphatic rings. The molecule has 2 heterocycles. The van der Waals surface area contributed by atoms with Gasteiger partial charge < -0.3 is 15.7 Å². The van der Waals surface area contributed by atoms with Crippen molar-refractivity contribution < 1.29 is 9.90 Å². The van der Waals surface area contributed by atoms with Gasteiger partial charge in [-0.1, -0.05) is 6.07 Å². The summed E-state index contributed by atoms with van der Waals surface area (Å²) in [5.74, 6) is -0.0363. The summed E-state index contributed by atoms with van der Waals surface area (Å²) < 4.78 is 0. The fourth-order valence-corrected chi connectivity index (χ4v) is 2.18. The number of rotatable bonds is 3. The van der Waals surface area contributed by atoms with E-state index < -0.39 is 6.04 Å². The van der Waals surface area contributed by atoms with Crippen LogP contribution in [0.5, 0.6) is 0 Å². The number of nitrogens with zero attached hydrogens (tertiary/aromatic N) is 2. The molecule has 1 fully saturated rings. The van der Waals surface area contributed by atoms with E-state index in [0.717, 1.165) is 5.56 Å².